The van der Waals surface area contributed by atoms with Gasteiger partial charge in [0.2, 0.25) is 0 Å². The predicted octanol–water partition coefficient (Wildman–Crippen LogP) is 14.6. The Kier molecular flexibility index (Phi) is 5.70. The Morgan fingerprint density at radius 1 is 0.404 bits per heavy atom. The van der Waals surface area contributed by atoms with Gasteiger partial charge in [0.25, 0.3) is 0 Å². The molecule has 0 aromatic heterocycles. The average Bonchev–Trinajstić information content (AvgIpc) is 3.86. The van der Waals surface area contributed by atoms with Crippen molar-refractivity contribution in [1.29, 1.82) is 0 Å². The molecule has 0 fully saturated rings. The summed E-state index contributed by atoms with van der Waals surface area (Å²) in [6.07, 6.45) is 0. The fraction of sp³-hybridized carbons (Fsp3) is 0.0714. The lowest BCUT2D eigenvalue weighted by atomic mass is 9.69. The molecule has 1 atom stereocenters. The molecule has 0 radical (unpaired) electrons. The van der Waals surface area contributed by atoms with E-state index in [0.29, 0.717) is 5.56 Å². The SMILES string of the molecule is [2H]c1c([2H])c([2H])c(-c2ccc(N(c3ccc4c(c3)C(C)(C)c3ccccc3-4)c3ccc4c(c3)C3(c5ccccc5-4)c4ccccc4-c4ccc5ccccc5c43)cc2)c([2H])c1[2H]. The van der Waals surface area contributed by atoms with E-state index in [9.17, 15) is 0 Å². The van der Waals surface area contributed by atoms with Crippen LogP contribution in [0.5, 0.6) is 0 Å². The molecule has 1 spiro atoms. The highest BCUT2D eigenvalue weighted by molar-refractivity contribution is 6.04. The molecule has 57 heavy (non-hydrogen) atoms. The van der Waals surface area contributed by atoms with Gasteiger partial charge in [-0.2, -0.15) is 0 Å². The van der Waals surface area contributed by atoms with Gasteiger partial charge in [-0.1, -0.05) is 178 Å². The van der Waals surface area contributed by atoms with Crippen molar-refractivity contribution in [2.75, 3.05) is 4.90 Å². The second kappa shape index (κ2) is 11.8. The molecule has 3 aliphatic carbocycles. The number of hydrogen-bond donors (Lipinski definition) is 0. The highest BCUT2D eigenvalue weighted by Crippen LogP contribution is 2.64. The lowest BCUT2D eigenvalue weighted by molar-refractivity contribution is 0.660. The van der Waals surface area contributed by atoms with Gasteiger partial charge in [0.1, 0.15) is 0 Å². The van der Waals surface area contributed by atoms with Crippen molar-refractivity contribution in [2.45, 2.75) is 24.7 Å². The van der Waals surface area contributed by atoms with Crippen LogP contribution in [0.1, 0.15) is 54.1 Å². The van der Waals surface area contributed by atoms with E-state index >= 15 is 0 Å². The van der Waals surface area contributed by atoms with Crippen LogP contribution in [-0.4, -0.2) is 0 Å². The summed E-state index contributed by atoms with van der Waals surface area (Å²) >= 11 is 0. The van der Waals surface area contributed by atoms with Crippen LogP contribution >= 0.6 is 0 Å². The molecule has 3 aliphatic rings. The van der Waals surface area contributed by atoms with Gasteiger partial charge in [-0.05, 0) is 125 Å². The van der Waals surface area contributed by atoms with Crippen molar-refractivity contribution in [1.82, 2.24) is 0 Å². The minimum atomic E-state index is -0.577. The van der Waals surface area contributed by atoms with Crippen molar-refractivity contribution in [2.24, 2.45) is 0 Å². The van der Waals surface area contributed by atoms with Crippen molar-refractivity contribution < 1.29 is 6.85 Å². The van der Waals surface area contributed by atoms with Crippen LogP contribution in [0.4, 0.5) is 17.1 Å². The molecule has 268 valence electrons. The fourth-order valence-electron chi connectivity index (χ4n) is 10.5. The first kappa shape index (κ1) is 27.6. The largest absolute Gasteiger partial charge is 0.310 e. The third kappa shape index (κ3) is 4.34. The summed E-state index contributed by atoms with van der Waals surface area (Å²) in [6, 6.07) is 59.9. The third-order valence-electron chi connectivity index (χ3n) is 13.0. The van der Waals surface area contributed by atoms with Crippen LogP contribution in [-0.2, 0) is 10.8 Å². The summed E-state index contributed by atoms with van der Waals surface area (Å²) in [5.41, 5.74) is 17.9. The Morgan fingerprint density at radius 2 is 0.912 bits per heavy atom. The average molecular weight is 731 g/mol. The lowest BCUT2D eigenvalue weighted by Crippen LogP contribution is -2.26. The number of hydrogen-bond acceptors (Lipinski definition) is 1. The molecular weight excluding hydrogens is 687 g/mol. The van der Waals surface area contributed by atoms with E-state index in [1.807, 2.05) is 24.3 Å². The van der Waals surface area contributed by atoms with E-state index in [4.69, 9.17) is 6.85 Å². The minimum absolute atomic E-state index is 0.189. The Morgan fingerprint density at radius 3 is 1.61 bits per heavy atom. The van der Waals surface area contributed by atoms with E-state index in [0.717, 1.165) is 17.1 Å². The molecular formula is C56H39N. The molecule has 0 saturated heterocycles. The number of anilines is 3. The molecule has 1 heteroatoms. The fourth-order valence-corrected chi connectivity index (χ4v) is 10.5. The molecule has 0 aliphatic heterocycles. The van der Waals surface area contributed by atoms with Gasteiger partial charge in [0.05, 0.1) is 12.3 Å². The Hall–Kier alpha value is -6.96. The zero-order chi connectivity index (χ0) is 42.2. The zero-order valence-corrected chi connectivity index (χ0v) is 31.6. The molecule has 0 amide bonds. The summed E-state index contributed by atoms with van der Waals surface area (Å²) in [5.74, 6) is 0. The Labute approximate surface area is 341 Å². The molecule has 0 bridgehead atoms. The Bertz CT molecular complexity index is 3360. The molecule has 12 rings (SSSR count). The van der Waals surface area contributed by atoms with Gasteiger partial charge in [0.15, 0.2) is 0 Å². The maximum atomic E-state index is 8.72. The number of nitrogens with zero attached hydrogens (tertiary/aromatic N) is 1. The van der Waals surface area contributed by atoms with Crippen molar-refractivity contribution >= 4 is 27.8 Å². The second-order valence-electron chi connectivity index (χ2n) is 16.1. The molecule has 9 aromatic carbocycles. The van der Waals surface area contributed by atoms with Crippen LogP contribution in [0, 0.1) is 0 Å². The number of benzene rings is 9. The van der Waals surface area contributed by atoms with Crippen LogP contribution in [0.2, 0.25) is 0 Å². The highest BCUT2D eigenvalue weighted by atomic mass is 15.1. The normalized spacial score (nSPS) is 17.3. The van der Waals surface area contributed by atoms with E-state index in [2.05, 4.69) is 164 Å². The second-order valence-corrected chi connectivity index (χ2v) is 16.1. The molecule has 9 aromatic rings. The topological polar surface area (TPSA) is 3.24 Å². The minimum Gasteiger partial charge on any atom is -0.310 e. The quantitative estimate of drug-likeness (QED) is 0.174. The molecule has 0 N–H and O–H groups in total. The standard InChI is InChI=1S/C56H39N/c1-55(2)49-21-11-8-18-43(49)46-32-29-40(34-52(46)55)57(39-27-24-37(25-28-39)36-14-4-3-5-15-36)41-30-33-47-44-19-9-12-22-50(44)56(53(47)35-41)51-23-13-10-20-45(51)48-31-26-38-16-6-7-17-42(38)54(48)56/h3-35H,1-2H3/i3D,4D,5D,14D,15D. The summed E-state index contributed by atoms with van der Waals surface area (Å²) in [5, 5.41) is 2.46. The molecule has 1 unspecified atom stereocenters. The zero-order valence-electron chi connectivity index (χ0n) is 36.6. The molecule has 0 saturated carbocycles. The number of fused-ring (bicyclic) bond motifs is 15. The Balaban J connectivity index is 1.11. The predicted molar refractivity (Wildman–Crippen MR) is 238 cm³/mol. The maximum absolute atomic E-state index is 8.72. The number of rotatable bonds is 4. The van der Waals surface area contributed by atoms with Crippen LogP contribution < -0.4 is 4.90 Å². The first-order valence-corrected chi connectivity index (χ1v) is 19.7. The van der Waals surface area contributed by atoms with Gasteiger partial charge in [-0.3, -0.25) is 0 Å². The molecule has 0 heterocycles. The van der Waals surface area contributed by atoms with E-state index in [-0.39, 0.29) is 35.1 Å². The van der Waals surface area contributed by atoms with E-state index in [1.165, 1.54) is 77.5 Å². The molecule has 1 nitrogen and oxygen atoms in total. The third-order valence-corrected chi connectivity index (χ3v) is 13.0. The van der Waals surface area contributed by atoms with Gasteiger partial charge in [-0.25, -0.2) is 0 Å². The monoisotopic (exact) mass is 730 g/mol. The van der Waals surface area contributed by atoms with Crippen LogP contribution in [0.25, 0.3) is 55.3 Å². The summed E-state index contributed by atoms with van der Waals surface area (Å²) in [4.78, 5) is 2.31. The van der Waals surface area contributed by atoms with Crippen molar-refractivity contribution in [3.8, 4) is 44.5 Å². The lowest BCUT2D eigenvalue weighted by Gasteiger charge is -2.33. The highest BCUT2D eigenvalue weighted by Gasteiger charge is 2.52. The van der Waals surface area contributed by atoms with Crippen molar-refractivity contribution in [3.63, 3.8) is 0 Å². The summed E-state index contributed by atoms with van der Waals surface area (Å²) < 4.78 is 42.3. The van der Waals surface area contributed by atoms with Gasteiger partial charge < -0.3 is 4.90 Å². The van der Waals surface area contributed by atoms with Crippen LogP contribution in [0.3, 0.4) is 0 Å². The smallest absolute Gasteiger partial charge is 0.0732 e. The maximum Gasteiger partial charge on any atom is 0.0732 e. The van der Waals surface area contributed by atoms with Crippen molar-refractivity contribution in [3.05, 3.63) is 233 Å². The first-order valence-electron chi connectivity index (χ1n) is 22.2. The van der Waals surface area contributed by atoms with E-state index in [1.54, 1.807) is 0 Å². The van der Waals surface area contributed by atoms with Gasteiger partial charge in [0, 0.05) is 22.5 Å². The van der Waals surface area contributed by atoms with Gasteiger partial charge in [-0.15, -0.1) is 0 Å². The first-order chi connectivity index (χ1) is 30.1. The summed E-state index contributed by atoms with van der Waals surface area (Å²) in [6.45, 7) is 4.60. The summed E-state index contributed by atoms with van der Waals surface area (Å²) in [7, 11) is 0. The van der Waals surface area contributed by atoms with Gasteiger partial charge >= 0.3 is 0 Å². The van der Waals surface area contributed by atoms with E-state index < -0.39 is 11.5 Å². The van der Waals surface area contributed by atoms with Crippen LogP contribution in [0.15, 0.2) is 200 Å².